The summed E-state index contributed by atoms with van der Waals surface area (Å²) in [4.78, 5) is 26.9. The van der Waals surface area contributed by atoms with Gasteiger partial charge in [0.05, 0.1) is 31.7 Å². The molecule has 0 bridgehead atoms. The van der Waals surface area contributed by atoms with Crippen LogP contribution in [0, 0.1) is 5.92 Å². The number of aryl methyl sites for hydroxylation is 2. The maximum absolute atomic E-state index is 12.3. The van der Waals surface area contributed by atoms with Gasteiger partial charge >= 0.3 is 0 Å². The molecule has 0 radical (unpaired) electrons. The lowest BCUT2D eigenvalue weighted by molar-refractivity contribution is -0.119. The number of fused-ring (bicyclic) bond motifs is 3. The standard InChI is InChI=1S/C21H29N5O2S/c27-18(22-11-14-5-6-14)12-23-20-19-15-3-1-2-4-16(15)29-21(19)25-17(24-20)13-26-7-9-28-10-8-26/h14H,1-13H2,(H,22,27)(H,23,24,25). The number of rotatable bonds is 7. The largest absolute Gasteiger partial charge is 0.379 e. The van der Waals surface area contributed by atoms with E-state index in [2.05, 4.69) is 15.5 Å². The fourth-order valence-corrected chi connectivity index (χ4v) is 5.45. The van der Waals surface area contributed by atoms with Gasteiger partial charge in [-0.05, 0) is 50.0 Å². The first-order valence-electron chi connectivity index (χ1n) is 10.9. The third kappa shape index (κ3) is 4.54. The minimum Gasteiger partial charge on any atom is -0.379 e. The molecular weight excluding hydrogens is 386 g/mol. The number of thiophene rings is 1. The molecule has 2 aromatic rings. The van der Waals surface area contributed by atoms with E-state index in [0.717, 1.165) is 74.1 Å². The van der Waals surface area contributed by atoms with Gasteiger partial charge in [-0.25, -0.2) is 9.97 Å². The Bertz CT molecular complexity index is 889. The van der Waals surface area contributed by atoms with Gasteiger partial charge in [-0.2, -0.15) is 0 Å². The van der Waals surface area contributed by atoms with Crippen molar-refractivity contribution in [2.45, 2.75) is 45.1 Å². The highest BCUT2D eigenvalue weighted by Crippen LogP contribution is 2.38. The number of nitrogens with one attached hydrogen (secondary N) is 2. The number of anilines is 1. The highest BCUT2D eigenvalue weighted by Gasteiger charge is 2.24. The van der Waals surface area contributed by atoms with E-state index in [0.29, 0.717) is 5.92 Å². The number of morpholine rings is 1. The molecule has 1 amide bonds. The summed E-state index contributed by atoms with van der Waals surface area (Å²) in [5, 5.41) is 7.52. The molecule has 1 aliphatic heterocycles. The lowest BCUT2D eigenvalue weighted by atomic mass is 9.97. The lowest BCUT2D eigenvalue weighted by Crippen LogP contribution is -2.36. The molecule has 2 aliphatic carbocycles. The molecule has 3 heterocycles. The van der Waals surface area contributed by atoms with E-state index < -0.39 is 0 Å². The molecule has 29 heavy (non-hydrogen) atoms. The van der Waals surface area contributed by atoms with Crippen LogP contribution in [0.2, 0.25) is 0 Å². The smallest absolute Gasteiger partial charge is 0.239 e. The molecule has 0 spiro atoms. The van der Waals surface area contributed by atoms with E-state index in [1.807, 2.05) is 11.3 Å². The van der Waals surface area contributed by atoms with Gasteiger partial charge in [0.25, 0.3) is 0 Å². The first-order chi connectivity index (χ1) is 14.3. The summed E-state index contributed by atoms with van der Waals surface area (Å²) in [5.41, 5.74) is 1.40. The topological polar surface area (TPSA) is 79.4 Å². The summed E-state index contributed by atoms with van der Waals surface area (Å²) in [6.07, 6.45) is 7.18. The van der Waals surface area contributed by atoms with Crippen molar-refractivity contribution in [3.8, 4) is 0 Å². The number of hydrogen-bond donors (Lipinski definition) is 2. The summed E-state index contributed by atoms with van der Waals surface area (Å²) in [7, 11) is 0. The van der Waals surface area contributed by atoms with Gasteiger partial charge < -0.3 is 15.4 Å². The third-order valence-corrected chi connectivity index (χ3v) is 7.22. The van der Waals surface area contributed by atoms with Crippen molar-refractivity contribution in [3.05, 3.63) is 16.3 Å². The van der Waals surface area contributed by atoms with Crippen LogP contribution in [-0.2, 0) is 28.9 Å². The quantitative estimate of drug-likeness (QED) is 0.723. The minimum absolute atomic E-state index is 0.0440. The highest BCUT2D eigenvalue weighted by molar-refractivity contribution is 7.19. The number of amides is 1. The zero-order chi connectivity index (χ0) is 19.6. The van der Waals surface area contributed by atoms with Gasteiger partial charge in [-0.15, -0.1) is 11.3 Å². The number of hydrogen-bond acceptors (Lipinski definition) is 7. The number of carbonyl (C=O) groups excluding carboxylic acids is 1. The normalized spacial score (nSPS) is 19.9. The predicted octanol–water partition coefficient (Wildman–Crippen LogP) is 2.34. The van der Waals surface area contributed by atoms with Crippen molar-refractivity contribution in [1.82, 2.24) is 20.2 Å². The van der Waals surface area contributed by atoms with E-state index in [1.165, 1.54) is 36.1 Å². The molecule has 1 saturated heterocycles. The Morgan fingerprint density at radius 2 is 2.00 bits per heavy atom. The predicted molar refractivity (Wildman–Crippen MR) is 114 cm³/mol. The van der Waals surface area contributed by atoms with Gasteiger partial charge in [0.2, 0.25) is 5.91 Å². The summed E-state index contributed by atoms with van der Waals surface area (Å²) >= 11 is 1.81. The molecule has 8 heteroatoms. The summed E-state index contributed by atoms with van der Waals surface area (Å²) < 4.78 is 5.46. The molecule has 0 aromatic carbocycles. The lowest BCUT2D eigenvalue weighted by Gasteiger charge is -2.25. The molecular formula is C21H29N5O2S. The Morgan fingerprint density at radius 3 is 2.83 bits per heavy atom. The minimum atomic E-state index is 0.0440. The van der Waals surface area contributed by atoms with E-state index in [9.17, 15) is 4.79 Å². The molecule has 156 valence electrons. The second kappa shape index (κ2) is 8.53. The SMILES string of the molecule is O=C(CNc1nc(CN2CCOCC2)nc2sc3c(c12)CCCC3)NCC1CC1. The Hall–Kier alpha value is -1.77. The van der Waals surface area contributed by atoms with Gasteiger partial charge in [-0.3, -0.25) is 9.69 Å². The molecule has 7 nitrogen and oxygen atoms in total. The average Bonchev–Trinajstić information content (AvgIpc) is 3.50. The average molecular weight is 416 g/mol. The molecule has 3 aliphatic rings. The van der Waals surface area contributed by atoms with E-state index in [-0.39, 0.29) is 12.5 Å². The molecule has 2 N–H and O–H groups in total. The number of carbonyl (C=O) groups is 1. The van der Waals surface area contributed by atoms with Crippen LogP contribution in [0.4, 0.5) is 5.82 Å². The number of ether oxygens (including phenoxy) is 1. The van der Waals surface area contributed by atoms with Gasteiger partial charge in [0.15, 0.2) is 0 Å². The summed E-state index contributed by atoms with van der Waals surface area (Å²) in [5.74, 6) is 2.40. The van der Waals surface area contributed by atoms with Crippen molar-refractivity contribution in [2.24, 2.45) is 5.92 Å². The fourth-order valence-electron chi connectivity index (χ4n) is 4.17. The Balaban J connectivity index is 1.38. The second-order valence-electron chi connectivity index (χ2n) is 8.37. The monoisotopic (exact) mass is 415 g/mol. The zero-order valence-corrected chi connectivity index (χ0v) is 17.7. The Kier molecular flexibility index (Phi) is 5.65. The second-order valence-corrected chi connectivity index (χ2v) is 9.45. The van der Waals surface area contributed by atoms with Crippen molar-refractivity contribution in [3.63, 3.8) is 0 Å². The maximum atomic E-state index is 12.3. The molecule has 5 rings (SSSR count). The van der Waals surface area contributed by atoms with Crippen molar-refractivity contribution < 1.29 is 9.53 Å². The van der Waals surface area contributed by atoms with Crippen LogP contribution in [0.15, 0.2) is 0 Å². The van der Waals surface area contributed by atoms with Crippen molar-refractivity contribution in [2.75, 3.05) is 44.7 Å². The highest BCUT2D eigenvalue weighted by atomic mass is 32.1. The van der Waals surface area contributed by atoms with Crippen LogP contribution >= 0.6 is 11.3 Å². The molecule has 1 saturated carbocycles. The molecule has 0 atom stereocenters. The van der Waals surface area contributed by atoms with Crippen LogP contribution in [0.5, 0.6) is 0 Å². The molecule has 2 fully saturated rings. The Labute approximate surface area is 175 Å². The summed E-state index contributed by atoms with van der Waals surface area (Å²) in [6, 6.07) is 0. The Morgan fingerprint density at radius 1 is 1.17 bits per heavy atom. The van der Waals surface area contributed by atoms with E-state index in [4.69, 9.17) is 14.7 Å². The van der Waals surface area contributed by atoms with Gasteiger partial charge in [0.1, 0.15) is 16.5 Å². The zero-order valence-electron chi connectivity index (χ0n) is 16.8. The van der Waals surface area contributed by atoms with Crippen molar-refractivity contribution in [1.29, 1.82) is 0 Å². The van der Waals surface area contributed by atoms with Crippen LogP contribution in [0.1, 0.15) is 41.9 Å². The maximum Gasteiger partial charge on any atom is 0.239 e. The van der Waals surface area contributed by atoms with Crippen LogP contribution in [0.3, 0.4) is 0 Å². The van der Waals surface area contributed by atoms with Crippen LogP contribution in [0.25, 0.3) is 10.2 Å². The van der Waals surface area contributed by atoms with Crippen LogP contribution in [-0.4, -0.2) is 60.2 Å². The fraction of sp³-hybridized carbons (Fsp3) is 0.667. The number of nitrogens with zero attached hydrogens (tertiary/aromatic N) is 3. The third-order valence-electron chi connectivity index (χ3n) is 6.03. The van der Waals surface area contributed by atoms with Gasteiger partial charge in [0, 0.05) is 24.5 Å². The van der Waals surface area contributed by atoms with Crippen LogP contribution < -0.4 is 10.6 Å². The first-order valence-corrected chi connectivity index (χ1v) is 11.7. The molecule has 2 aromatic heterocycles. The first kappa shape index (κ1) is 19.2. The van der Waals surface area contributed by atoms with Crippen molar-refractivity contribution >= 4 is 33.3 Å². The molecule has 0 unspecified atom stereocenters. The van der Waals surface area contributed by atoms with E-state index >= 15 is 0 Å². The van der Waals surface area contributed by atoms with E-state index in [1.54, 1.807) is 0 Å². The number of aromatic nitrogens is 2. The van der Waals surface area contributed by atoms with Gasteiger partial charge in [-0.1, -0.05) is 0 Å². The summed E-state index contributed by atoms with van der Waals surface area (Å²) in [6.45, 7) is 5.15.